The summed E-state index contributed by atoms with van der Waals surface area (Å²) in [6.45, 7) is 6.09. The molecule has 6 heteroatoms. The number of carbonyl (C=O) groups is 2. The molecule has 0 radical (unpaired) electrons. The van der Waals surface area contributed by atoms with Crippen molar-refractivity contribution in [2.24, 2.45) is 5.92 Å². The maximum absolute atomic E-state index is 12.9. The summed E-state index contributed by atoms with van der Waals surface area (Å²) in [7, 11) is 0. The predicted octanol–water partition coefficient (Wildman–Crippen LogP) is 7.76. The summed E-state index contributed by atoms with van der Waals surface area (Å²) in [5, 5.41) is 6.64. The van der Waals surface area contributed by atoms with E-state index in [-0.39, 0.29) is 11.7 Å². The Kier molecular flexibility index (Phi) is 8.10. The fourth-order valence-corrected chi connectivity index (χ4v) is 3.89. The van der Waals surface area contributed by atoms with E-state index in [4.69, 9.17) is 11.6 Å². The summed E-state index contributed by atoms with van der Waals surface area (Å²) in [6, 6.07) is 18.3. The van der Waals surface area contributed by atoms with Gasteiger partial charge in [0.05, 0.1) is 16.4 Å². The van der Waals surface area contributed by atoms with Gasteiger partial charge in [-0.1, -0.05) is 65.6 Å². The Bertz CT molecular complexity index is 1140. The molecule has 0 aliphatic heterocycles. The summed E-state index contributed by atoms with van der Waals surface area (Å²) in [6.07, 6.45) is 1.29. The summed E-state index contributed by atoms with van der Waals surface area (Å²) >= 11 is 9.94. The first-order valence-electron chi connectivity index (χ1n) is 10.5. The van der Waals surface area contributed by atoms with Gasteiger partial charge in [0.25, 0.3) is 0 Å². The molecule has 166 valence electrons. The van der Waals surface area contributed by atoms with E-state index in [9.17, 15) is 9.59 Å². The Morgan fingerprint density at radius 2 is 1.72 bits per heavy atom. The van der Waals surface area contributed by atoms with Crippen molar-refractivity contribution in [3.8, 4) is 0 Å². The number of hydrogen-bond acceptors (Lipinski definition) is 3. The molecule has 0 atom stereocenters. The van der Waals surface area contributed by atoms with Gasteiger partial charge in [-0.3, -0.25) is 9.59 Å². The molecule has 1 amide bonds. The van der Waals surface area contributed by atoms with E-state index in [1.807, 2.05) is 49.4 Å². The van der Waals surface area contributed by atoms with Crippen molar-refractivity contribution >= 4 is 56.3 Å². The van der Waals surface area contributed by atoms with E-state index < -0.39 is 0 Å². The van der Waals surface area contributed by atoms with Crippen LogP contribution in [0.5, 0.6) is 0 Å². The van der Waals surface area contributed by atoms with Crippen LogP contribution in [-0.2, 0) is 4.79 Å². The minimum Gasteiger partial charge on any atom is -0.354 e. The topological polar surface area (TPSA) is 58.2 Å². The first kappa shape index (κ1) is 24.0. The van der Waals surface area contributed by atoms with Crippen LogP contribution < -0.4 is 10.6 Å². The molecular formula is C26H26BrClN2O2. The molecule has 4 nitrogen and oxygen atoms in total. The Morgan fingerprint density at radius 1 is 0.969 bits per heavy atom. The van der Waals surface area contributed by atoms with E-state index in [2.05, 4.69) is 40.4 Å². The first-order valence-corrected chi connectivity index (χ1v) is 11.7. The Morgan fingerprint density at radius 3 is 2.41 bits per heavy atom. The minimum atomic E-state index is -0.110. The van der Waals surface area contributed by atoms with Crippen LogP contribution in [0.4, 0.5) is 17.1 Å². The van der Waals surface area contributed by atoms with Crippen molar-refractivity contribution in [2.75, 3.05) is 10.6 Å². The Balaban J connectivity index is 1.81. The monoisotopic (exact) mass is 512 g/mol. The number of halogens is 2. The van der Waals surface area contributed by atoms with E-state index in [0.717, 1.165) is 27.8 Å². The van der Waals surface area contributed by atoms with Crippen LogP contribution in [0, 0.1) is 12.8 Å². The first-order chi connectivity index (χ1) is 15.2. The van der Waals surface area contributed by atoms with Crippen molar-refractivity contribution in [3.05, 3.63) is 86.8 Å². The molecule has 2 N–H and O–H groups in total. The standard InChI is InChI=1S/C26H26BrClN2O2/c1-16(2)8-13-25(31)30-24-14-18(27)9-12-23(24)29-19-10-11-21(22(28)15-19)26(32)20-7-5-4-6-17(20)3/h4-7,9-12,14-16,29H,8,13H2,1-3H3,(H,30,31). The third-order valence-corrected chi connectivity index (χ3v) is 5.89. The van der Waals surface area contributed by atoms with Gasteiger partial charge in [0.15, 0.2) is 5.78 Å². The molecule has 3 rings (SSSR count). The number of ketones is 1. The maximum Gasteiger partial charge on any atom is 0.224 e. The van der Waals surface area contributed by atoms with Gasteiger partial charge in [0, 0.05) is 27.7 Å². The van der Waals surface area contributed by atoms with Crippen LogP contribution in [0.2, 0.25) is 5.02 Å². The van der Waals surface area contributed by atoms with Gasteiger partial charge < -0.3 is 10.6 Å². The molecule has 3 aromatic rings. The van der Waals surface area contributed by atoms with Crippen molar-refractivity contribution in [1.82, 2.24) is 0 Å². The second kappa shape index (κ2) is 10.8. The zero-order valence-electron chi connectivity index (χ0n) is 18.3. The number of anilines is 3. The second-order valence-corrected chi connectivity index (χ2v) is 9.46. The third-order valence-electron chi connectivity index (χ3n) is 5.09. The minimum absolute atomic E-state index is 0.0305. The molecule has 0 heterocycles. The lowest BCUT2D eigenvalue weighted by Crippen LogP contribution is -2.13. The highest BCUT2D eigenvalue weighted by Gasteiger charge is 2.16. The zero-order chi connectivity index (χ0) is 23.3. The van der Waals surface area contributed by atoms with Gasteiger partial charge in [-0.15, -0.1) is 0 Å². The second-order valence-electron chi connectivity index (χ2n) is 8.13. The lowest BCUT2D eigenvalue weighted by atomic mass is 9.99. The number of benzene rings is 3. The highest BCUT2D eigenvalue weighted by molar-refractivity contribution is 9.10. The number of carbonyl (C=O) groups excluding carboxylic acids is 2. The number of aryl methyl sites for hydroxylation is 1. The lowest BCUT2D eigenvalue weighted by molar-refractivity contribution is -0.116. The molecule has 0 aliphatic carbocycles. The van der Waals surface area contributed by atoms with Crippen molar-refractivity contribution < 1.29 is 9.59 Å². The molecular weight excluding hydrogens is 488 g/mol. The van der Waals surface area contributed by atoms with Crippen molar-refractivity contribution in [1.29, 1.82) is 0 Å². The molecule has 32 heavy (non-hydrogen) atoms. The fourth-order valence-electron chi connectivity index (χ4n) is 3.27. The quantitative estimate of drug-likeness (QED) is 0.303. The fraction of sp³-hybridized carbons (Fsp3) is 0.231. The van der Waals surface area contributed by atoms with Gasteiger partial charge in [0.2, 0.25) is 5.91 Å². The third kappa shape index (κ3) is 6.21. The normalized spacial score (nSPS) is 10.8. The highest BCUT2D eigenvalue weighted by atomic mass is 79.9. The van der Waals surface area contributed by atoms with Crippen LogP contribution in [0.1, 0.15) is 48.2 Å². The van der Waals surface area contributed by atoms with Crippen LogP contribution in [0.3, 0.4) is 0 Å². The predicted molar refractivity (Wildman–Crippen MR) is 136 cm³/mol. The molecule has 0 aliphatic rings. The molecule has 0 saturated carbocycles. The van der Waals surface area contributed by atoms with Gasteiger partial charge >= 0.3 is 0 Å². The Hall–Kier alpha value is -2.63. The van der Waals surface area contributed by atoms with E-state index in [1.54, 1.807) is 18.2 Å². The summed E-state index contributed by atoms with van der Waals surface area (Å²) in [5.74, 6) is 0.322. The summed E-state index contributed by atoms with van der Waals surface area (Å²) in [5.41, 5.74) is 4.11. The number of rotatable bonds is 8. The van der Waals surface area contributed by atoms with E-state index in [0.29, 0.717) is 34.2 Å². The summed E-state index contributed by atoms with van der Waals surface area (Å²) < 4.78 is 0.861. The van der Waals surface area contributed by atoms with Crippen molar-refractivity contribution in [3.63, 3.8) is 0 Å². The average Bonchev–Trinajstić information content (AvgIpc) is 2.74. The summed E-state index contributed by atoms with van der Waals surface area (Å²) in [4.78, 5) is 25.3. The molecule has 0 unspecified atom stereocenters. The Labute approximate surface area is 202 Å². The molecule has 0 spiro atoms. The number of nitrogens with one attached hydrogen (secondary N) is 2. The van der Waals surface area contributed by atoms with Crippen LogP contribution in [-0.4, -0.2) is 11.7 Å². The van der Waals surface area contributed by atoms with Gasteiger partial charge in [-0.2, -0.15) is 0 Å². The van der Waals surface area contributed by atoms with Gasteiger partial charge in [-0.25, -0.2) is 0 Å². The number of amides is 1. The average molecular weight is 514 g/mol. The van der Waals surface area contributed by atoms with Crippen LogP contribution >= 0.6 is 27.5 Å². The zero-order valence-corrected chi connectivity index (χ0v) is 20.7. The molecule has 3 aromatic carbocycles. The van der Waals surface area contributed by atoms with Gasteiger partial charge in [0.1, 0.15) is 0 Å². The molecule has 0 fully saturated rings. The van der Waals surface area contributed by atoms with Crippen molar-refractivity contribution in [2.45, 2.75) is 33.6 Å². The SMILES string of the molecule is Cc1ccccc1C(=O)c1ccc(Nc2ccc(Br)cc2NC(=O)CCC(C)C)cc1Cl. The number of hydrogen-bond donors (Lipinski definition) is 2. The van der Waals surface area contributed by atoms with Crippen LogP contribution in [0.15, 0.2) is 65.1 Å². The van der Waals surface area contributed by atoms with E-state index >= 15 is 0 Å². The largest absolute Gasteiger partial charge is 0.354 e. The maximum atomic E-state index is 12.9. The van der Waals surface area contributed by atoms with Crippen LogP contribution in [0.25, 0.3) is 0 Å². The molecule has 0 aromatic heterocycles. The van der Waals surface area contributed by atoms with Gasteiger partial charge in [-0.05, 0) is 61.2 Å². The molecule has 0 bridgehead atoms. The smallest absolute Gasteiger partial charge is 0.224 e. The lowest BCUT2D eigenvalue weighted by Gasteiger charge is -2.15. The van der Waals surface area contributed by atoms with E-state index in [1.165, 1.54) is 0 Å². The highest BCUT2D eigenvalue weighted by Crippen LogP contribution is 2.31. The molecule has 0 saturated heterocycles.